The van der Waals surface area contributed by atoms with E-state index in [1.807, 2.05) is 43.5 Å². The number of urea groups is 1. The Labute approximate surface area is 353 Å². The van der Waals surface area contributed by atoms with E-state index >= 15 is 0 Å². The molecule has 5 aromatic rings. The van der Waals surface area contributed by atoms with Gasteiger partial charge in [0.05, 0.1) is 16.8 Å². The summed E-state index contributed by atoms with van der Waals surface area (Å²) in [5, 5.41) is 13.8. The largest absolute Gasteiger partial charge is 0.427 e. The topological polar surface area (TPSA) is 188 Å². The molecule has 1 aliphatic heterocycles. The van der Waals surface area contributed by atoms with Crippen molar-refractivity contribution in [3.63, 3.8) is 0 Å². The van der Waals surface area contributed by atoms with Crippen molar-refractivity contribution >= 4 is 63.4 Å². The second kappa shape index (κ2) is 20.5. The van der Waals surface area contributed by atoms with Gasteiger partial charge >= 0.3 is 12.0 Å². The maximum atomic E-state index is 13.1. The zero-order valence-electron chi connectivity index (χ0n) is 34.3. The number of amides is 4. The molecule has 60 heavy (non-hydrogen) atoms. The van der Waals surface area contributed by atoms with Gasteiger partial charge in [-0.25, -0.2) is 9.78 Å². The second-order valence-corrected chi connectivity index (χ2v) is 15.3. The zero-order valence-corrected chi connectivity index (χ0v) is 35.1. The van der Waals surface area contributed by atoms with Crippen molar-refractivity contribution in [3.05, 3.63) is 112 Å². The molecular weight excluding hydrogens is 781 g/mol. The van der Waals surface area contributed by atoms with Gasteiger partial charge in [0, 0.05) is 84.9 Å². The average molecular weight is 831 g/mol. The number of nitrogens with zero attached hydrogens (tertiary/aromatic N) is 3. The van der Waals surface area contributed by atoms with Gasteiger partial charge in [0.1, 0.15) is 11.5 Å². The summed E-state index contributed by atoms with van der Waals surface area (Å²) < 4.78 is 5.48. The molecule has 6 rings (SSSR count). The molecule has 0 saturated carbocycles. The smallest absolute Gasteiger partial charge is 0.321 e. The number of aryl methyl sites for hydroxylation is 1. The van der Waals surface area contributed by atoms with Crippen LogP contribution in [0.3, 0.4) is 0 Å². The Kier molecular flexibility index (Phi) is 14.7. The van der Waals surface area contributed by atoms with Crippen LogP contribution in [0.5, 0.6) is 5.75 Å². The standard InChI is InChI=1S/C45H50N8O6S/c1-5-53(6-2)22-21-47-43(57)41-28(3)38(49-29(41)4)25-36-35-24-31(13-16-37(35)50-42(36)56)23-33(54)9-7-8-10-40(55)59-34-14-11-30(12-15-34)26-48-44(58)52-45-51-39(27-60-45)32-17-19-46-20-18-32/h11-20,24-25,27,49H,5-10,21-23,26H2,1-4H3,(H,47,57)(H,50,56)(H2,48,51,52,58)/b36-25-. The first-order chi connectivity index (χ1) is 29.0. The molecular formula is C45H50N8O6S. The summed E-state index contributed by atoms with van der Waals surface area (Å²) in [4.78, 5) is 78.0. The van der Waals surface area contributed by atoms with Gasteiger partial charge in [0.25, 0.3) is 11.8 Å². The van der Waals surface area contributed by atoms with Crippen LogP contribution in [0.25, 0.3) is 22.9 Å². The highest BCUT2D eigenvalue weighted by Crippen LogP contribution is 2.35. The molecule has 14 nitrogen and oxygen atoms in total. The molecule has 0 spiro atoms. The number of aromatic amines is 1. The number of hydrogen-bond donors (Lipinski definition) is 5. The molecule has 0 radical (unpaired) electrons. The Morgan fingerprint density at radius 1 is 0.917 bits per heavy atom. The van der Waals surface area contributed by atoms with E-state index in [0.717, 1.165) is 53.3 Å². The molecule has 0 atom stereocenters. The van der Waals surface area contributed by atoms with Crippen molar-refractivity contribution in [2.75, 3.05) is 36.8 Å². The number of hydrogen-bond acceptors (Lipinski definition) is 10. The number of likely N-dealkylation sites (N-methyl/N-ethyl adjacent to an activating group) is 1. The van der Waals surface area contributed by atoms with Crippen molar-refractivity contribution in [1.82, 2.24) is 30.5 Å². The highest BCUT2D eigenvalue weighted by atomic mass is 32.1. The van der Waals surface area contributed by atoms with E-state index in [9.17, 15) is 24.0 Å². The number of Topliss-reactive ketones (excluding diaryl/α,β-unsaturated/α-hetero) is 1. The first-order valence-electron chi connectivity index (χ1n) is 20.1. The van der Waals surface area contributed by atoms with Gasteiger partial charge < -0.3 is 30.6 Å². The number of aromatic nitrogens is 3. The van der Waals surface area contributed by atoms with Crippen LogP contribution < -0.4 is 26.0 Å². The van der Waals surface area contributed by atoms with Crippen molar-refractivity contribution in [2.45, 2.75) is 66.3 Å². The number of rotatable bonds is 19. The van der Waals surface area contributed by atoms with Crippen LogP contribution >= 0.6 is 11.3 Å². The van der Waals surface area contributed by atoms with Gasteiger partial charge in [-0.3, -0.25) is 29.5 Å². The lowest BCUT2D eigenvalue weighted by Crippen LogP contribution is -2.35. The molecule has 4 amide bonds. The Hall–Kier alpha value is -6.45. The predicted molar refractivity (Wildman–Crippen MR) is 234 cm³/mol. The number of ketones is 1. The summed E-state index contributed by atoms with van der Waals surface area (Å²) in [6.45, 7) is 11.3. The number of carbonyl (C=O) groups is 5. The number of anilines is 2. The number of carbonyl (C=O) groups excluding carboxylic acids is 5. The fourth-order valence-electron chi connectivity index (χ4n) is 6.92. The molecule has 0 aliphatic carbocycles. The number of benzene rings is 2. The molecule has 4 heterocycles. The highest BCUT2D eigenvalue weighted by Gasteiger charge is 2.26. The Bertz CT molecular complexity index is 2370. The fourth-order valence-corrected chi connectivity index (χ4v) is 7.64. The van der Waals surface area contributed by atoms with Crippen LogP contribution in [0, 0.1) is 13.8 Å². The third-order valence-corrected chi connectivity index (χ3v) is 11.0. The van der Waals surface area contributed by atoms with Crippen LogP contribution in [-0.2, 0) is 27.3 Å². The first kappa shape index (κ1) is 43.1. The van der Waals surface area contributed by atoms with E-state index in [2.05, 4.69) is 55.0 Å². The first-order valence-corrected chi connectivity index (χ1v) is 21.0. The third-order valence-electron chi connectivity index (χ3n) is 10.3. The summed E-state index contributed by atoms with van der Waals surface area (Å²) in [6.07, 6.45) is 6.81. The van der Waals surface area contributed by atoms with Gasteiger partial charge in [-0.2, -0.15) is 0 Å². The van der Waals surface area contributed by atoms with Gasteiger partial charge in [0.2, 0.25) is 0 Å². The van der Waals surface area contributed by atoms with Crippen molar-refractivity contribution < 1.29 is 28.7 Å². The van der Waals surface area contributed by atoms with Crippen LogP contribution in [-0.4, -0.2) is 75.6 Å². The second-order valence-electron chi connectivity index (χ2n) is 14.5. The van der Waals surface area contributed by atoms with Gasteiger partial charge in [0.15, 0.2) is 5.13 Å². The average Bonchev–Trinajstić information content (AvgIpc) is 3.92. The molecule has 2 aromatic carbocycles. The lowest BCUT2D eigenvalue weighted by Gasteiger charge is -2.18. The van der Waals surface area contributed by atoms with Crippen LogP contribution in [0.4, 0.5) is 15.6 Å². The maximum absolute atomic E-state index is 13.1. The maximum Gasteiger partial charge on any atom is 0.321 e. The zero-order chi connectivity index (χ0) is 42.6. The molecule has 0 bridgehead atoms. The van der Waals surface area contributed by atoms with Crippen LogP contribution in [0.2, 0.25) is 0 Å². The Balaban J connectivity index is 0.921. The van der Waals surface area contributed by atoms with E-state index in [1.54, 1.807) is 48.8 Å². The normalized spacial score (nSPS) is 12.6. The predicted octanol–water partition coefficient (Wildman–Crippen LogP) is 7.31. The fraction of sp³-hybridized carbons (Fsp3) is 0.311. The summed E-state index contributed by atoms with van der Waals surface area (Å²) in [5.41, 5.74) is 7.80. The number of H-pyrrole nitrogens is 1. The van der Waals surface area contributed by atoms with Gasteiger partial charge in [-0.1, -0.05) is 32.0 Å². The number of esters is 1. The number of nitrogens with one attached hydrogen (secondary N) is 5. The van der Waals surface area contributed by atoms with E-state index < -0.39 is 5.97 Å². The Morgan fingerprint density at radius 2 is 1.65 bits per heavy atom. The van der Waals surface area contributed by atoms with Crippen molar-refractivity contribution in [1.29, 1.82) is 0 Å². The summed E-state index contributed by atoms with van der Waals surface area (Å²) in [7, 11) is 0. The Morgan fingerprint density at radius 3 is 2.40 bits per heavy atom. The number of unbranched alkanes of at least 4 members (excludes halogenated alkanes) is 1. The number of pyridine rings is 1. The van der Waals surface area contributed by atoms with E-state index in [1.165, 1.54) is 11.3 Å². The van der Waals surface area contributed by atoms with Crippen molar-refractivity contribution in [3.8, 4) is 17.0 Å². The SMILES string of the molecule is CCN(CC)CCNC(=O)c1c(C)[nH]c(/C=C2\C(=O)Nc3ccc(CC(=O)CCCCC(=O)Oc4ccc(CNC(=O)Nc5nc(-c6ccncc6)cs5)cc4)cc32)c1C. The van der Waals surface area contributed by atoms with E-state index in [4.69, 9.17) is 4.74 Å². The monoisotopic (exact) mass is 830 g/mol. The summed E-state index contributed by atoms with van der Waals surface area (Å²) >= 11 is 1.33. The van der Waals surface area contributed by atoms with Gasteiger partial charge in [-0.05, 0) is 98.9 Å². The molecule has 312 valence electrons. The molecule has 0 saturated heterocycles. The molecule has 1 aliphatic rings. The van der Waals surface area contributed by atoms with Crippen molar-refractivity contribution in [2.24, 2.45) is 0 Å². The van der Waals surface area contributed by atoms with Crippen LogP contribution in [0.1, 0.15) is 83.5 Å². The third kappa shape index (κ3) is 11.4. The number of fused-ring (bicyclic) bond motifs is 1. The molecule has 0 unspecified atom stereocenters. The lowest BCUT2D eigenvalue weighted by atomic mass is 9.98. The minimum Gasteiger partial charge on any atom is -0.427 e. The molecule has 0 fully saturated rings. The van der Waals surface area contributed by atoms with Gasteiger partial charge in [-0.15, -0.1) is 11.3 Å². The summed E-state index contributed by atoms with van der Waals surface area (Å²) in [5.74, 6) is -0.390. The van der Waals surface area contributed by atoms with E-state index in [0.29, 0.717) is 64.8 Å². The van der Waals surface area contributed by atoms with E-state index in [-0.39, 0.29) is 43.0 Å². The number of ether oxygens (including phenoxy) is 1. The number of thiazole rings is 1. The molecule has 15 heteroatoms. The molecule has 3 aromatic heterocycles. The quantitative estimate of drug-likeness (QED) is 0.0246. The lowest BCUT2D eigenvalue weighted by molar-refractivity contribution is -0.134. The summed E-state index contributed by atoms with van der Waals surface area (Å²) in [6, 6.07) is 15.7. The molecule has 5 N–H and O–H groups in total. The highest BCUT2D eigenvalue weighted by molar-refractivity contribution is 7.14. The minimum atomic E-state index is -0.395. The minimum absolute atomic E-state index is 0.0258. The van der Waals surface area contributed by atoms with Crippen LogP contribution in [0.15, 0.2) is 72.4 Å².